The van der Waals surface area contributed by atoms with Crippen molar-refractivity contribution in [2.45, 2.75) is 33.4 Å². The molecule has 3 rings (SSSR count). The standard InChI is InChI=1S/C17H24N4O2/c1-11-7-12(2)16(13(3)8-11)22-10-15-19-17(20-23-15)14-9-18-5-6-21(14)4/h7-8,14,18H,5-6,9-10H2,1-4H3. The summed E-state index contributed by atoms with van der Waals surface area (Å²) in [6, 6.07) is 4.39. The molecule has 1 fully saturated rings. The van der Waals surface area contributed by atoms with Crippen LogP contribution in [0.4, 0.5) is 0 Å². The molecule has 124 valence electrons. The summed E-state index contributed by atoms with van der Waals surface area (Å²) in [6.07, 6.45) is 0. The van der Waals surface area contributed by atoms with Crippen molar-refractivity contribution in [3.8, 4) is 5.75 Å². The topological polar surface area (TPSA) is 63.4 Å². The van der Waals surface area contributed by atoms with Crippen molar-refractivity contribution in [1.29, 1.82) is 0 Å². The van der Waals surface area contributed by atoms with Crippen molar-refractivity contribution in [2.75, 3.05) is 26.7 Å². The number of benzene rings is 1. The summed E-state index contributed by atoms with van der Waals surface area (Å²) < 4.78 is 11.3. The maximum absolute atomic E-state index is 5.91. The van der Waals surface area contributed by atoms with E-state index in [-0.39, 0.29) is 6.04 Å². The first kappa shape index (κ1) is 16.0. The normalized spacial score (nSPS) is 19.0. The van der Waals surface area contributed by atoms with Crippen LogP contribution in [0.3, 0.4) is 0 Å². The molecule has 1 unspecified atom stereocenters. The van der Waals surface area contributed by atoms with E-state index in [1.54, 1.807) is 0 Å². The van der Waals surface area contributed by atoms with Crippen LogP contribution in [-0.4, -0.2) is 41.7 Å². The van der Waals surface area contributed by atoms with E-state index in [9.17, 15) is 0 Å². The summed E-state index contributed by atoms with van der Waals surface area (Å²) in [5.41, 5.74) is 3.48. The van der Waals surface area contributed by atoms with E-state index in [0.717, 1.165) is 42.3 Å². The molecule has 0 spiro atoms. The monoisotopic (exact) mass is 316 g/mol. The minimum atomic E-state index is 0.157. The first-order chi connectivity index (χ1) is 11.0. The third-order valence-corrected chi connectivity index (χ3v) is 4.24. The average molecular weight is 316 g/mol. The zero-order valence-corrected chi connectivity index (χ0v) is 14.2. The van der Waals surface area contributed by atoms with Crippen LogP contribution >= 0.6 is 0 Å². The molecule has 6 heteroatoms. The number of nitrogens with zero attached hydrogens (tertiary/aromatic N) is 3. The Hall–Kier alpha value is -1.92. The van der Waals surface area contributed by atoms with Gasteiger partial charge in [-0.25, -0.2) is 0 Å². The minimum Gasteiger partial charge on any atom is -0.483 e. The predicted molar refractivity (Wildman–Crippen MR) is 87.5 cm³/mol. The highest BCUT2D eigenvalue weighted by Crippen LogP contribution is 2.25. The van der Waals surface area contributed by atoms with Crippen molar-refractivity contribution in [3.63, 3.8) is 0 Å². The van der Waals surface area contributed by atoms with Crippen molar-refractivity contribution in [2.24, 2.45) is 0 Å². The molecule has 1 atom stereocenters. The lowest BCUT2D eigenvalue weighted by Gasteiger charge is -2.30. The number of ether oxygens (including phenoxy) is 1. The van der Waals surface area contributed by atoms with Crippen LogP contribution in [0.2, 0.25) is 0 Å². The van der Waals surface area contributed by atoms with Gasteiger partial charge in [0.2, 0.25) is 0 Å². The smallest absolute Gasteiger partial charge is 0.264 e. The van der Waals surface area contributed by atoms with Gasteiger partial charge in [0, 0.05) is 19.6 Å². The van der Waals surface area contributed by atoms with E-state index in [1.807, 2.05) is 0 Å². The summed E-state index contributed by atoms with van der Waals surface area (Å²) >= 11 is 0. The third kappa shape index (κ3) is 3.54. The highest BCUT2D eigenvalue weighted by molar-refractivity contribution is 5.42. The molecule has 1 aromatic carbocycles. The lowest BCUT2D eigenvalue weighted by atomic mass is 10.1. The minimum absolute atomic E-state index is 0.157. The van der Waals surface area contributed by atoms with Gasteiger partial charge in [-0.2, -0.15) is 4.98 Å². The van der Waals surface area contributed by atoms with Crippen LogP contribution in [0, 0.1) is 20.8 Å². The van der Waals surface area contributed by atoms with Gasteiger partial charge in [-0.3, -0.25) is 4.90 Å². The molecule has 1 aromatic heterocycles. The zero-order valence-electron chi connectivity index (χ0n) is 14.2. The summed E-state index contributed by atoms with van der Waals surface area (Å²) in [5, 5.41) is 7.47. The van der Waals surface area contributed by atoms with Crippen LogP contribution < -0.4 is 10.1 Å². The summed E-state index contributed by atoms with van der Waals surface area (Å²) in [6.45, 7) is 9.30. The number of likely N-dealkylation sites (N-methyl/N-ethyl adjacent to an activating group) is 1. The lowest BCUT2D eigenvalue weighted by Crippen LogP contribution is -2.44. The Morgan fingerprint density at radius 2 is 2.04 bits per heavy atom. The Morgan fingerprint density at radius 1 is 1.30 bits per heavy atom. The maximum atomic E-state index is 5.91. The fraction of sp³-hybridized carbons (Fsp3) is 0.529. The van der Waals surface area contributed by atoms with E-state index in [4.69, 9.17) is 9.26 Å². The molecule has 1 N–H and O–H groups in total. The Labute approximate surface area is 136 Å². The fourth-order valence-electron chi connectivity index (χ4n) is 3.08. The largest absolute Gasteiger partial charge is 0.483 e. The van der Waals surface area contributed by atoms with Gasteiger partial charge in [0.1, 0.15) is 5.75 Å². The quantitative estimate of drug-likeness (QED) is 0.932. The number of hydrogen-bond acceptors (Lipinski definition) is 6. The number of aryl methyl sites for hydroxylation is 3. The number of rotatable bonds is 4. The molecule has 0 bridgehead atoms. The number of nitrogens with one attached hydrogen (secondary N) is 1. The molecule has 1 saturated heterocycles. The second-order valence-corrected chi connectivity index (χ2v) is 6.26. The number of aromatic nitrogens is 2. The van der Waals surface area contributed by atoms with Gasteiger partial charge >= 0.3 is 0 Å². The molecule has 1 aliphatic heterocycles. The Morgan fingerprint density at radius 3 is 2.74 bits per heavy atom. The van der Waals surface area contributed by atoms with Crippen molar-refractivity contribution >= 4 is 0 Å². The van der Waals surface area contributed by atoms with Gasteiger partial charge in [-0.1, -0.05) is 22.9 Å². The first-order valence-corrected chi connectivity index (χ1v) is 7.98. The lowest BCUT2D eigenvalue weighted by molar-refractivity contribution is 0.189. The molecule has 0 aliphatic carbocycles. The van der Waals surface area contributed by atoms with Gasteiger partial charge in [0.25, 0.3) is 5.89 Å². The second-order valence-electron chi connectivity index (χ2n) is 6.26. The van der Waals surface area contributed by atoms with Gasteiger partial charge < -0.3 is 14.6 Å². The molecule has 1 aliphatic rings. The molecule has 0 saturated carbocycles. The zero-order chi connectivity index (χ0) is 16.4. The third-order valence-electron chi connectivity index (χ3n) is 4.24. The van der Waals surface area contributed by atoms with Gasteiger partial charge in [-0.15, -0.1) is 0 Å². The highest BCUT2D eigenvalue weighted by Gasteiger charge is 2.25. The van der Waals surface area contributed by atoms with Crippen LogP contribution in [0.15, 0.2) is 16.7 Å². The molecule has 23 heavy (non-hydrogen) atoms. The molecular weight excluding hydrogens is 292 g/mol. The van der Waals surface area contributed by atoms with E-state index >= 15 is 0 Å². The predicted octanol–water partition coefficient (Wildman–Crippen LogP) is 2.15. The van der Waals surface area contributed by atoms with Crippen LogP contribution in [0.5, 0.6) is 5.75 Å². The molecule has 0 radical (unpaired) electrons. The van der Waals surface area contributed by atoms with Gasteiger partial charge in [0.05, 0.1) is 6.04 Å². The molecular formula is C17H24N4O2. The van der Waals surface area contributed by atoms with E-state index < -0.39 is 0 Å². The van der Waals surface area contributed by atoms with Crippen LogP contribution in [0.25, 0.3) is 0 Å². The molecule has 0 amide bonds. The SMILES string of the molecule is Cc1cc(C)c(OCc2nc(C3CNCCN3C)no2)c(C)c1. The van der Waals surface area contributed by atoms with Gasteiger partial charge in [-0.05, 0) is 38.9 Å². The van der Waals surface area contributed by atoms with Crippen molar-refractivity contribution in [1.82, 2.24) is 20.4 Å². The Balaban J connectivity index is 1.68. The second kappa shape index (κ2) is 6.68. The average Bonchev–Trinajstić information content (AvgIpc) is 2.95. The van der Waals surface area contributed by atoms with Gasteiger partial charge in [0.15, 0.2) is 12.4 Å². The summed E-state index contributed by atoms with van der Waals surface area (Å²) in [4.78, 5) is 6.73. The van der Waals surface area contributed by atoms with E-state index in [1.165, 1.54) is 5.56 Å². The molecule has 2 aromatic rings. The van der Waals surface area contributed by atoms with E-state index in [2.05, 4.69) is 60.3 Å². The number of piperazine rings is 1. The summed E-state index contributed by atoms with van der Waals surface area (Å²) in [5.74, 6) is 2.13. The number of hydrogen-bond donors (Lipinski definition) is 1. The van der Waals surface area contributed by atoms with Crippen LogP contribution in [0.1, 0.15) is 34.4 Å². The molecule has 2 heterocycles. The Bertz CT molecular complexity index is 660. The maximum Gasteiger partial charge on any atom is 0.264 e. The van der Waals surface area contributed by atoms with Crippen molar-refractivity contribution in [3.05, 3.63) is 40.5 Å². The summed E-state index contributed by atoms with van der Waals surface area (Å²) in [7, 11) is 2.08. The Kier molecular flexibility index (Phi) is 4.63. The van der Waals surface area contributed by atoms with Crippen LogP contribution in [-0.2, 0) is 6.61 Å². The highest BCUT2D eigenvalue weighted by atomic mass is 16.5. The van der Waals surface area contributed by atoms with E-state index in [0.29, 0.717) is 12.5 Å². The fourth-order valence-corrected chi connectivity index (χ4v) is 3.08. The first-order valence-electron chi connectivity index (χ1n) is 7.98. The van der Waals surface area contributed by atoms with Crippen molar-refractivity contribution < 1.29 is 9.26 Å². The molecule has 6 nitrogen and oxygen atoms in total.